The van der Waals surface area contributed by atoms with E-state index in [0.717, 1.165) is 23.7 Å². The molecule has 4 heteroatoms. The smallest absolute Gasteiger partial charge is 0.155 e. The molecule has 0 spiro atoms. The van der Waals surface area contributed by atoms with Gasteiger partial charge in [-0.15, -0.1) is 0 Å². The summed E-state index contributed by atoms with van der Waals surface area (Å²) in [5.41, 5.74) is 6.50. The van der Waals surface area contributed by atoms with Gasteiger partial charge in [-0.1, -0.05) is 0 Å². The molecule has 4 aliphatic rings. The van der Waals surface area contributed by atoms with Crippen LogP contribution in [0.1, 0.15) is 48.5 Å². The third-order valence-electron chi connectivity index (χ3n) is 5.39. The quantitative estimate of drug-likeness (QED) is 0.842. The highest BCUT2D eigenvalue weighted by molar-refractivity contribution is 7.06. The molecule has 0 atom stereocenters. The van der Waals surface area contributed by atoms with Gasteiger partial charge in [-0.3, -0.25) is 0 Å². The summed E-state index contributed by atoms with van der Waals surface area (Å²) >= 11 is 1.48. The van der Waals surface area contributed by atoms with Gasteiger partial charge in [0.15, 0.2) is 5.82 Å². The molecule has 0 radical (unpaired) electrons. The minimum absolute atomic E-state index is 0.450. The van der Waals surface area contributed by atoms with E-state index in [0.29, 0.717) is 17.3 Å². The van der Waals surface area contributed by atoms with Crippen molar-refractivity contribution in [2.45, 2.75) is 38.0 Å². The molecule has 4 saturated carbocycles. The summed E-state index contributed by atoms with van der Waals surface area (Å²) < 4.78 is 4.22. The summed E-state index contributed by atoms with van der Waals surface area (Å²) in [5, 5.41) is 9.28. The topological polar surface area (TPSA) is 62.7 Å². The Morgan fingerprint density at radius 1 is 1.11 bits per heavy atom. The number of rotatable bonds is 1. The second-order valence-electron chi connectivity index (χ2n) is 6.38. The first-order valence-corrected chi connectivity index (χ1v) is 7.68. The summed E-state index contributed by atoms with van der Waals surface area (Å²) in [7, 11) is 0. The van der Waals surface area contributed by atoms with Gasteiger partial charge in [0.1, 0.15) is 11.6 Å². The summed E-state index contributed by atoms with van der Waals surface area (Å²) in [6, 6.07) is 2.28. The van der Waals surface area contributed by atoms with Crippen LogP contribution in [0.15, 0.2) is 0 Å². The van der Waals surface area contributed by atoms with Crippen molar-refractivity contribution in [3.05, 3.63) is 10.4 Å². The molecule has 1 aromatic rings. The van der Waals surface area contributed by atoms with Crippen molar-refractivity contribution in [1.82, 2.24) is 4.37 Å². The van der Waals surface area contributed by atoms with E-state index >= 15 is 0 Å². The molecule has 1 heterocycles. The van der Waals surface area contributed by atoms with Gasteiger partial charge in [-0.25, -0.2) is 0 Å². The lowest BCUT2D eigenvalue weighted by atomic mass is 9.51. The van der Waals surface area contributed by atoms with E-state index < -0.39 is 0 Å². The van der Waals surface area contributed by atoms with Crippen LogP contribution in [-0.4, -0.2) is 4.37 Å². The summed E-state index contributed by atoms with van der Waals surface area (Å²) in [6.45, 7) is 0. The van der Waals surface area contributed by atoms with E-state index in [1.165, 1.54) is 48.5 Å². The van der Waals surface area contributed by atoms with Gasteiger partial charge in [0.2, 0.25) is 0 Å². The van der Waals surface area contributed by atoms with E-state index in [4.69, 9.17) is 5.73 Å². The number of hydrogen-bond acceptors (Lipinski definition) is 4. The van der Waals surface area contributed by atoms with E-state index in [1.807, 2.05) is 0 Å². The summed E-state index contributed by atoms with van der Waals surface area (Å²) in [6.07, 6.45) is 6.97. The molecule has 0 aromatic carbocycles. The zero-order chi connectivity index (χ0) is 12.3. The fourth-order valence-electron chi connectivity index (χ4n) is 5.01. The lowest BCUT2D eigenvalue weighted by Gasteiger charge is -2.54. The number of aromatic nitrogens is 1. The standard InChI is InChI=1S/C14H17N3S/c15-6-11-13(18-17-14(11)16)12-9-2-7-1-8(4-9)5-10(12)3-7/h7-10,12H,1-5H2,(H2,16,17). The van der Waals surface area contributed by atoms with Crippen LogP contribution in [0.3, 0.4) is 0 Å². The maximum absolute atomic E-state index is 9.28. The number of hydrogen-bond donors (Lipinski definition) is 1. The molecule has 0 saturated heterocycles. The number of nitrogens with two attached hydrogens (primary N) is 1. The molecule has 1 aromatic heterocycles. The minimum atomic E-state index is 0.450. The zero-order valence-corrected chi connectivity index (χ0v) is 11.1. The summed E-state index contributed by atoms with van der Waals surface area (Å²) in [4.78, 5) is 1.20. The predicted molar refractivity (Wildman–Crippen MR) is 71.0 cm³/mol. The Bertz CT molecular complexity index is 500. The second-order valence-corrected chi connectivity index (χ2v) is 7.18. The fraction of sp³-hybridized carbons (Fsp3) is 0.714. The molecule has 0 aliphatic heterocycles. The van der Waals surface area contributed by atoms with Crippen molar-refractivity contribution in [2.75, 3.05) is 5.73 Å². The number of nitrogen functional groups attached to an aromatic ring is 1. The fourth-order valence-corrected chi connectivity index (χ4v) is 6.05. The van der Waals surface area contributed by atoms with Gasteiger partial charge in [-0.05, 0) is 67.3 Å². The molecule has 5 rings (SSSR count). The van der Waals surface area contributed by atoms with Crippen LogP contribution in [0, 0.1) is 35.0 Å². The SMILES string of the molecule is N#Cc1c(N)nsc1C1C2CC3CC(C2)CC1C3. The monoisotopic (exact) mass is 259 g/mol. The first-order chi connectivity index (χ1) is 8.76. The molecule has 18 heavy (non-hydrogen) atoms. The average Bonchev–Trinajstić information content (AvgIpc) is 2.69. The molecule has 4 aliphatic carbocycles. The lowest BCUT2D eigenvalue weighted by molar-refractivity contribution is -0.00167. The van der Waals surface area contributed by atoms with Crippen LogP contribution >= 0.6 is 11.5 Å². The predicted octanol–water partition coefficient (Wildman–Crippen LogP) is 3.14. The van der Waals surface area contributed by atoms with Gasteiger partial charge in [0.05, 0.1) is 0 Å². The Kier molecular flexibility index (Phi) is 2.23. The molecular weight excluding hydrogens is 242 g/mol. The highest BCUT2D eigenvalue weighted by atomic mass is 32.1. The normalized spacial score (nSPS) is 40.9. The molecule has 4 fully saturated rings. The maximum atomic E-state index is 9.28. The van der Waals surface area contributed by atoms with Crippen LogP contribution in [0.4, 0.5) is 5.82 Å². The van der Waals surface area contributed by atoms with Crippen LogP contribution in [-0.2, 0) is 0 Å². The van der Waals surface area contributed by atoms with Crippen molar-refractivity contribution in [3.63, 3.8) is 0 Å². The average molecular weight is 259 g/mol. The van der Waals surface area contributed by atoms with Crippen LogP contribution in [0.2, 0.25) is 0 Å². The van der Waals surface area contributed by atoms with Gasteiger partial charge in [-0.2, -0.15) is 9.64 Å². The maximum Gasteiger partial charge on any atom is 0.155 e. The minimum Gasteiger partial charge on any atom is -0.382 e. The Morgan fingerprint density at radius 3 is 2.28 bits per heavy atom. The van der Waals surface area contributed by atoms with E-state index in [9.17, 15) is 5.26 Å². The molecule has 0 amide bonds. The van der Waals surface area contributed by atoms with Crippen LogP contribution < -0.4 is 5.73 Å². The highest BCUT2D eigenvalue weighted by Crippen LogP contribution is 2.60. The third-order valence-corrected chi connectivity index (χ3v) is 6.35. The largest absolute Gasteiger partial charge is 0.382 e. The number of nitriles is 1. The number of nitrogens with zero attached hydrogens (tertiary/aromatic N) is 2. The number of anilines is 1. The van der Waals surface area contributed by atoms with E-state index in [-0.39, 0.29) is 0 Å². The second kappa shape index (κ2) is 3.71. The highest BCUT2D eigenvalue weighted by Gasteiger charge is 2.49. The van der Waals surface area contributed by atoms with Crippen LogP contribution in [0.5, 0.6) is 0 Å². The van der Waals surface area contributed by atoms with Gasteiger partial charge in [0, 0.05) is 10.8 Å². The zero-order valence-electron chi connectivity index (χ0n) is 10.3. The molecule has 2 N–H and O–H groups in total. The Labute approximate surface area is 111 Å². The van der Waals surface area contributed by atoms with Crippen molar-refractivity contribution in [1.29, 1.82) is 5.26 Å². The van der Waals surface area contributed by atoms with Gasteiger partial charge < -0.3 is 5.73 Å². The Hall–Kier alpha value is -1.08. The van der Waals surface area contributed by atoms with Crippen LogP contribution in [0.25, 0.3) is 0 Å². The molecule has 0 unspecified atom stereocenters. The Morgan fingerprint density at radius 2 is 1.72 bits per heavy atom. The molecular formula is C14H17N3S. The van der Waals surface area contributed by atoms with Gasteiger partial charge in [0.25, 0.3) is 0 Å². The first kappa shape index (κ1) is 10.8. The van der Waals surface area contributed by atoms with Gasteiger partial charge >= 0.3 is 0 Å². The third kappa shape index (κ3) is 1.37. The van der Waals surface area contributed by atoms with Crippen molar-refractivity contribution >= 4 is 17.4 Å². The van der Waals surface area contributed by atoms with Crippen molar-refractivity contribution in [2.24, 2.45) is 23.7 Å². The van der Waals surface area contributed by atoms with E-state index in [1.54, 1.807) is 0 Å². The van der Waals surface area contributed by atoms with Crippen molar-refractivity contribution in [3.8, 4) is 6.07 Å². The summed E-state index contributed by atoms with van der Waals surface area (Å²) in [5.74, 6) is 4.58. The van der Waals surface area contributed by atoms with E-state index in [2.05, 4.69) is 10.4 Å². The lowest BCUT2D eigenvalue weighted by Crippen LogP contribution is -2.43. The Balaban J connectivity index is 1.75. The first-order valence-electron chi connectivity index (χ1n) is 6.91. The van der Waals surface area contributed by atoms with Crippen molar-refractivity contribution < 1.29 is 0 Å². The molecule has 4 bridgehead atoms. The molecule has 3 nitrogen and oxygen atoms in total. The molecule has 94 valence electrons.